The highest BCUT2D eigenvalue weighted by Crippen LogP contribution is 2.48. The molecule has 4 heteroatoms. The van der Waals surface area contributed by atoms with E-state index in [4.69, 9.17) is 9.47 Å². The van der Waals surface area contributed by atoms with Gasteiger partial charge in [0.25, 0.3) is 0 Å². The minimum absolute atomic E-state index is 0.0159. The van der Waals surface area contributed by atoms with E-state index in [1.807, 2.05) is 6.07 Å². The molecule has 4 nitrogen and oxygen atoms in total. The fourth-order valence-corrected chi connectivity index (χ4v) is 5.30. The van der Waals surface area contributed by atoms with Gasteiger partial charge in [-0.2, -0.15) is 0 Å². The van der Waals surface area contributed by atoms with Crippen LogP contribution in [0.1, 0.15) is 48.3 Å². The quantitative estimate of drug-likeness (QED) is 0.687. The summed E-state index contributed by atoms with van der Waals surface area (Å²) in [5, 5.41) is 0. The molecule has 0 radical (unpaired) electrons. The second kappa shape index (κ2) is 7.05. The Labute approximate surface area is 176 Å². The van der Waals surface area contributed by atoms with Gasteiger partial charge in [-0.1, -0.05) is 30.3 Å². The maximum atomic E-state index is 13.0. The number of rotatable bonds is 1. The van der Waals surface area contributed by atoms with Crippen molar-refractivity contribution in [3.05, 3.63) is 76.5 Å². The highest BCUT2D eigenvalue weighted by atomic mass is 16.5. The van der Waals surface area contributed by atoms with Crippen molar-refractivity contribution in [3.63, 3.8) is 0 Å². The van der Waals surface area contributed by atoms with Crippen molar-refractivity contribution in [2.45, 2.75) is 38.0 Å². The van der Waals surface area contributed by atoms with E-state index < -0.39 is 0 Å². The molecule has 2 aromatic carbocycles. The van der Waals surface area contributed by atoms with Crippen LogP contribution in [0.15, 0.2) is 59.8 Å². The zero-order valence-electron chi connectivity index (χ0n) is 17.0. The Balaban J connectivity index is 1.52. The van der Waals surface area contributed by atoms with Crippen LogP contribution in [0.3, 0.4) is 0 Å². The molecule has 0 fully saturated rings. The molecule has 3 aliphatic heterocycles. The van der Waals surface area contributed by atoms with Gasteiger partial charge in [0.05, 0.1) is 13.2 Å². The topological polar surface area (TPSA) is 38.8 Å². The number of hydrogen-bond donors (Lipinski definition) is 0. The molecule has 0 spiro atoms. The van der Waals surface area contributed by atoms with Crippen LogP contribution in [-0.4, -0.2) is 30.4 Å². The standard InChI is InChI=1S/C26H25NO3/c28-23-9-4-8-21-26(23)20(17-6-2-1-3-7-17)15-22-19-16-25-24(29-12-5-13-30-25)14-18(19)10-11-27(21)22/h1-3,6-7,14-16,20H,4-5,8-13H2/t20-/m1/s1. The van der Waals surface area contributed by atoms with Gasteiger partial charge in [0.2, 0.25) is 0 Å². The first-order chi connectivity index (χ1) is 14.8. The van der Waals surface area contributed by atoms with Gasteiger partial charge in [-0.3, -0.25) is 4.79 Å². The van der Waals surface area contributed by atoms with E-state index >= 15 is 0 Å². The molecule has 30 heavy (non-hydrogen) atoms. The second-order valence-electron chi connectivity index (χ2n) is 8.49. The summed E-state index contributed by atoms with van der Waals surface area (Å²) in [4.78, 5) is 15.4. The van der Waals surface area contributed by atoms with Gasteiger partial charge in [0.1, 0.15) is 0 Å². The number of Topliss-reactive ketones (excluding diaryl/α,β-unsaturated/α-hetero) is 1. The lowest BCUT2D eigenvalue weighted by atomic mass is 9.77. The van der Waals surface area contributed by atoms with Gasteiger partial charge in [-0.05, 0) is 48.6 Å². The van der Waals surface area contributed by atoms with Crippen molar-refractivity contribution >= 4 is 11.5 Å². The van der Waals surface area contributed by atoms with Crippen molar-refractivity contribution < 1.29 is 14.3 Å². The van der Waals surface area contributed by atoms with Gasteiger partial charge in [-0.15, -0.1) is 0 Å². The number of ketones is 1. The third kappa shape index (κ3) is 2.78. The summed E-state index contributed by atoms with van der Waals surface area (Å²) in [5.41, 5.74) is 7.17. The normalized spacial score (nSPS) is 22.5. The van der Waals surface area contributed by atoms with Crippen molar-refractivity contribution in [3.8, 4) is 11.5 Å². The zero-order chi connectivity index (χ0) is 20.1. The Kier molecular flexibility index (Phi) is 4.19. The Hall–Kier alpha value is -3.01. The van der Waals surface area contributed by atoms with Crippen molar-refractivity contribution in [1.82, 2.24) is 4.90 Å². The van der Waals surface area contributed by atoms with Gasteiger partial charge in [0, 0.05) is 47.8 Å². The molecule has 0 aromatic heterocycles. The number of ether oxygens (including phenoxy) is 2. The van der Waals surface area contributed by atoms with Crippen LogP contribution in [0, 0.1) is 0 Å². The largest absolute Gasteiger partial charge is 0.490 e. The molecule has 0 N–H and O–H groups in total. The molecule has 1 aliphatic carbocycles. The van der Waals surface area contributed by atoms with Gasteiger partial charge in [-0.25, -0.2) is 0 Å². The zero-order valence-corrected chi connectivity index (χ0v) is 17.0. The fraction of sp³-hybridized carbons (Fsp3) is 0.346. The molecule has 6 rings (SSSR count). The number of benzene rings is 2. The summed E-state index contributed by atoms with van der Waals surface area (Å²) in [6.07, 6.45) is 6.74. The molecule has 0 saturated carbocycles. The van der Waals surface area contributed by atoms with Crippen molar-refractivity contribution in [2.24, 2.45) is 0 Å². The van der Waals surface area contributed by atoms with E-state index in [0.29, 0.717) is 25.4 Å². The fourth-order valence-electron chi connectivity index (χ4n) is 5.30. The maximum Gasteiger partial charge on any atom is 0.161 e. The lowest BCUT2D eigenvalue weighted by Crippen LogP contribution is -2.36. The first-order valence-corrected chi connectivity index (χ1v) is 11.0. The Morgan fingerprint density at radius 2 is 1.70 bits per heavy atom. The predicted molar refractivity (Wildman–Crippen MR) is 116 cm³/mol. The number of allylic oxidation sites excluding steroid dienone is 3. The summed E-state index contributed by atoms with van der Waals surface area (Å²) in [7, 11) is 0. The number of carbonyl (C=O) groups excluding carboxylic acids is 1. The Morgan fingerprint density at radius 3 is 2.53 bits per heavy atom. The molecular weight excluding hydrogens is 374 g/mol. The lowest BCUT2D eigenvalue weighted by Gasteiger charge is -2.42. The van der Waals surface area contributed by atoms with E-state index in [2.05, 4.69) is 47.4 Å². The summed E-state index contributed by atoms with van der Waals surface area (Å²) in [5.74, 6) is 2.03. The van der Waals surface area contributed by atoms with Crippen LogP contribution in [0.25, 0.3) is 5.70 Å². The molecule has 4 aliphatic rings. The average Bonchev–Trinajstić information content (AvgIpc) is 3.02. The number of carbonyl (C=O) groups is 1. The molecule has 0 amide bonds. The van der Waals surface area contributed by atoms with Gasteiger partial charge >= 0.3 is 0 Å². The van der Waals surface area contributed by atoms with Crippen molar-refractivity contribution in [1.29, 1.82) is 0 Å². The van der Waals surface area contributed by atoms with Gasteiger partial charge < -0.3 is 14.4 Å². The third-order valence-electron chi connectivity index (χ3n) is 6.69. The van der Waals surface area contributed by atoms with Crippen LogP contribution in [-0.2, 0) is 11.2 Å². The molecular formula is C26H25NO3. The summed E-state index contributed by atoms with van der Waals surface area (Å²) >= 11 is 0. The SMILES string of the molecule is O=C1CCCC2=C1[C@@H](c1ccccc1)C=C1c3cc4c(cc3CCN12)OCCCO4. The smallest absolute Gasteiger partial charge is 0.161 e. The first-order valence-electron chi connectivity index (χ1n) is 11.0. The van der Waals surface area contributed by atoms with Crippen LogP contribution in [0.2, 0.25) is 0 Å². The van der Waals surface area contributed by atoms with E-state index in [9.17, 15) is 4.79 Å². The number of nitrogens with zero attached hydrogens (tertiary/aromatic N) is 1. The Morgan fingerprint density at radius 1 is 0.900 bits per heavy atom. The molecule has 0 bridgehead atoms. The Bertz CT molecular complexity index is 1080. The maximum absolute atomic E-state index is 13.0. The highest BCUT2D eigenvalue weighted by Gasteiger charge is 2.38. The summed E-state index contributed by atoms with van der Waals surface area (Å²) < 4.78 is 11.9. The lowest BCUT2D eigenvalue weighted by molar-refractivity contribution is -0.116. The molecule has 0 unspecified atom stereocenters. The first kappa shape index (κ1) is 17.8. The third-order valence-corrected chi connectivity index (χ3v) is 6.69. The second-order valence-corrected chi connectivity index (χ2v) is 8.49. The van der Waals surface area contributed by atoms with E-state index in [1.54, 1.807) is 0 Å². The minimum atomic E-state index is 0.0159. The predicted octanol–water partition coefficient (Wildman–Crippen LogP) is 4.85. The molecule has 1 atom stereocenters. The molecule has 0 saturated heterocycles. The van der Waals surface area contributed by atoms with Crippen LogP contribution < -0.4 is 9.47 Å². The number of hydrogen-bond acceptors (Lipinski definition) is 4. The molecule has 3 heterocycles. The minimum Gasteiger partial charge on any atom is -0.490 e. The average molecular weight is 399 g/mol. The van der Waals surface area contributed by atoms with Gasteiger partial charge in [0.15, 0.2) is 17.3 Å². The van der Waals surface area contributed by atoms with E-state index in [1.165, 1.54) is 28.1 Å². The molecule has 2 aromatic rings. The summed E-state index contributed by atoms with van der Waals surface area (Å²) in [6.45, 7) is 2.30. The van der Waals surface area contributed by atoms with Crippen molar-refractivity contribution in [2.75, 3.05) is 19.8 Å². The molecule has 152 valence electrons. The highest BCUT2D eigenvalue weighted by molar-refractivity contribution is 6.00. The van der Waals surface area contributed by atoms with Crippen LogP contribution in [0.5, 0.6) is 11.5 Å². The monoisotopic (exact) mass is 399 g/mol. The van der Waals surface area contributed by atoms with E-state index in [0.717, 1.165) is 49.3 Å². The van der Waals surface area contributed by atoms with Crippen LogP contribution in [0.4, 0.5) is 0 Å². The number of fused-ring (bicyclic) bond motifs is 5. The van der Waals surface area contributed by atoms with Crippen LogP contribution >= 0.6 is 0 Å². The summed E-state index contributed by atoms with van der Waals surface area (Å²) in [6, 6.07) is 14.8. The van der Waals surface area contributed by atoms with E-state index in [-0.39, 0.29) is 5.92 Å².